The first-order chi connectivity index (χ1) is 8.50. The Kier molecular flexibility index (Phi) is 4.06. The molecule has 0 aromatic heterocycles. The fourth-order valence-electron chi connectivity index (χ4n) is 1.70. The van der Waals surface area contributed by atoms with E-state index in [2.05, 4.69) is 4.72 Å². The van der Waals surface area contributed by atoms with Crippen molar-refractivity contribution in [1.82, 2.24) is 4.31 Å². The largest absolute Gasteiger partial charge is 0.561 e. The zero-order valence-corrected chi connectivity index (χ0v) is 11.1. The second-order valence-corrected chi connectivity index (χ2v) is 5.91. The van der Waals surface area contributed by atoms with Gasteiger partial charge in [0, 0.05) is 0 Å². The number of rotatable bonds is 3. The highest BCUT2D eigenvalue weighted by molar-refractivity contribution is 7.92. The Balaban J connectivity index is 2.19. The van der Waals surface area contributed by atoms with Crippen LogP contribution in [0.25, 0.3) is 4.72 Å². The summed E-state index contributed by atoms with van der Waals surface area (Å²) in [6.45, 7) is 2.14. The third-order valence-electron chi connectivity index (χ3n) is 2.64. The lowest BCUT2D eigenvalue weighted by molar-refractivity contribution is -0.661. The third kappa shape index (κ3) is 2.92. The molecule has 0 aliphatic carbocycles. The molecule has 0 atom stereocenters. The molecule has 2 N–H and O–H groups in total. The van der Waals surface area contributed by atoms with Gasteiger partial charge in [-0.1, -0.05) is 29.4 Å². The van der Waals surface area contributed by atoms with Crippen LogP contribution >= 0.6 is 11.6 Å². The minimum Gasteiger partial charge on any atom is -0.561 e. The molecule has 0 radical (unpaired) electrons. The lowest BCUT2D eigenvalue weighted by atomic mass is 10.3. The van der Waals surface area contributed by atoms with Crippen LogP contribution in [0.5, 0.6) is 0 Å². The molecule has 1 saturated heterocycles. The predicted octanol–water partition coefficient (Wildman–Crippen LogP) is 0.608. The van der Waals surface area contributed by atoms with Gasteiger partial charge in [-0.3, -0.25) is 0 Å². The van der Waals surface area contributed by atoms with Crippen LogP contribution < -0.4 is 5.32 Å². The Morgan fingerprint density at radius 2 is 2.00 bits per heavy atom. The minimum atomic E-state index is -3.84. The van der Waals surface area contributed by atoms with Gasteiger partial charge in [0.15, 0.2) is 10.2 Å². The summed E-state index contributed by atoms with van der Waals surface area (Å²) < 4.78 is 42.2. The summed E-state index contributed by atoms with van der Waals surface area (Å²) in [6.07, 6.45) is 0. The van der Waals surface area contributed by atoms with E-state index in [1.165, 1.54) is 22.5 Å². The molecular formula is C10H13ClFN3O2S. The molecule has 0 spiro atoms. The number of hydrogen-bond donors (Lipinski definition) is 1. The quantitative estimate of drug-likeness (QED) is 0.887. The number of nitrogens with zero attached hydrogens (tertiary/aromatic N) is 2. The van der Waals surface area contributed by atoms with Gasteiger partial charge in [-0.25, -0.2) is 17.1 Å². The highest BCUT2D eigenvalue weighted by Gasteiger charge is 2.19. The topological polar surface area (TPSA) is 68.1 Å². The molecule has 0 saturated carbocycles. The molecule has 18 heavy (non-hydrogen) atoms. The molecule has 1 aromatic carbocycles. The number of piperazine rings is 1. The van der Waals surface area contributed by atoms with Crippen molar-refractivity contribution in [2.24, 2.45) is 0 Å². The third-order valence-corrected chi connectivity index (χ3v) is 4.37. The maximum atomic E-state index is 13.6. The maximum absolute atomic E-state index is 13.6. The normalized spacial score (nSPS) is 17.7. The second kappa shape index (κ2) is 5.40. The minimum absolute atomic E-state index is 0.140. The first kappa shape index (κ1) is 13.5. The molecule has 0 amide bonds. The van der Waals surface area contributed by atoms with Crippen LogP contribution in [0, 0.1) is 5.82 Å². The second-order valence-electron chi connectivity index (χ2n) is 3.91. The molecule has 1 aliphatic heterocycles. The number of nitrogens with two attached hydrogens (primary N) is 1. The van der Waals surface area contributed by atoms with Gasteiger partial charge in [0.1, 0.15) is 5.82 Å². The van der Waals surface area contributed by atoms with Gasteiger partial charge < -0.3 is 10.0 Å². The fourth-order valence-corrected chi connectivity index (χ4v) is 3.05. The number of halogens is 2. The first-order valence-corrected chi connectivity index (χ1v) is 7.27. The van der Waals surface area contributed by atoms with Crippen LogP contribution in [-0.4, -0.2) is 38.9 Å². The lowest BCUT2D eigenvalue weighted by Crippen LogP contribution is -2.89. The SMILES string of the molecule is O=S(=O)([N-]c1cccc(Cl)c1F)N1CC[NH2+]CC1. The van der Waals surface area contributed by atoms with Crippen molar-refractivity contribution in [3.05, 3.63) is 33.8 Å². The Morgan fingerprint density at radius 3 is 2.67 bits per heavy atom. The van der Waals surface area contributed by atoms with Gasteiger partial charge >= 0.3 is 0 Å². The van der Waals surface area contributed by atoms with Gasteiger partial charge in [-0.15, -0.1) is 0 Å². The Labute approximate surface area is 110 Å². The van der Waals surface area contributed by atoms with Gasteiger partial charge in [0.25, 0.3) is 0 Å². The Bertz CT molecular complexity index is 532. The van der Waals surface area contributed by atoms with E-state index < -0.39 is 16.0 Å². The summed E-state index contributed by atoms with van der Waals surface area (Å²) in [5, 5.41) is 1.88. The van der Waals surface area contributed by atoms with E-state index in [0.29, 0.717) is 26.2 Å². The Hall–Kier alpha value is -0.890. The van der Waals surface area contributed by atoms with Gasteiger partial charge in [0.05, 0.1) is 31.2 Å². The molecule has 1 aliphatic rings. The molecule has 1 aromatic rings. The molecule has 1 heterocycles. The van der Waals surface area contributed by atoms with Crippen molar-refractivity contribution in [2.75, 3.05) is 26.2 Å². The van der Waals surface area contributed by atoms with Crippen molar-refractivity contribution >= 4 is 27.5 Å². The zero-order valence-electron chi connectivity index (χ0n) is 9.51. The summed E-state index contributed by atoms with van der Waals surface area (Å²) in [7, 11) is -3.84. The predicted molar refractivity (Wildman–Crippen MR) is 66.6 cm³/mol. The van der Waals surface area contributed by atoms with Crippen molar-refractivity contribution in [1.29, 1.82) is 0 Å². The summed E-state index contributed by atoms with van der Waals surface area (Å²) >= 11 is 5.58. The lowest BCUT2D eigenvalue weighted by Gasteiger charge is -2.33. The monoisotopic (exact) mass is 293 g/mol. The van der Waals surface area contributed by atoms with E-state index in [1.807, 2.05) is 5.32 Å². The zero-order chi connectivity index (χ0) is 13.2. The summed E-state index contributed by atoms with van der Waals surface area (Å²) in [6, 6.07) is 4.09. The number of benzene rings is 1. The molecule has 2 rings (SSSR count). The highest BCUT2D eigenvalue weighted by atomic mass is 35.5. The fraction of sp³-hybridized carbons (Fsp3) is 0.400. The van der Waals surface area contributed by atoms with E-state index in [9.17, 15) is 12.8 Å². The van der Waals surface area contributed by atoms with Crippen LogP contribution in [0.2, 0.25) is 5.02 Å². The van der Waals surface area contributed by atoms with Crippen molar-refractivity contribution in [2.45, 2.75) is 0 Å². The molecule has 5 nitrogen and oxygen atoms in total. The van der Waals surface area contributed by atoms with Gasteiger partial charge in [0.2, 0.25) is 0 Å². The molecule has 0 bridgehead atoms. The molecule has 8 heteroatoms. The summed E-state index contributed by atoms with van der Waals surface area (Å²) in [5.41, 5.74) is -0.253. The Morgan fingerprint density at radius 1 is 1.33 bits per heavy atom. The van der Waals surface area contributed by atoms with E-state index in [-0.39, 0.29) is 10.7 Å². The van der Waals surface area contributed by atoms with E-state index in [4.69, 9.17) is 11.6 Å². The molecule has 100 valence electrons. The van der Waals surface area contributed by atoms with E-state index in [0.717, 1.165) is 0 Å². The van der Waals surface area contributed by atoms with Crippen molar-refractivity contribution in [3.63, 3.8) is 0 Å². The van der Waals surface area contributed by atoms with Crippen molar-refractivity contribution in [3.8, 4) is 0 Å². The van der Waals surface area contributed by atoms with Crippen LogP contribution in [0.3, 0.4) is 0 Å². The van der Waals surface area contributed by atoms with Crippen molar-refractivity contribution < 1.29 is 18.1 Å². The summed E-state index contributed by atoms with van der Waals surface area (Å²) in [5.74, 6) is -0.814. The number of hydrogen-bond acceptors (Lipinski definition) is 2. The van der Waals surface area contributed by atoms with E-state index >= 15 is 0 Å². The molecule has 0 unspecified atom stereocenters. The van der Waals surface area contributed by atoms with Crippen LogP contribution in [0.15, 0.2) is 18.2 Å². The first-order valence-electron chi connectivity index (χ1n) is 5.49. The molecular weight excluding hydrogens is 281 g/mol. The smallest absolute Gasteiger partial charge is 0.160 e. The van der Waals surface area contributed by atoms with E-state index in [1.54, 1.807) is 0 Å². The van der Waals surface area contributed by atoms with Crippen LogP contribution in [0.4, 0.5) is 10.1 Å². The van der Waals surface area contributed by atoms with Gasteiger partial charge in [-0.05, 0) is 6.07 Å². The van der Waals surface area contributed by atoms with Crippen LogP contribution in [-0.2, 0) is 10.2 Å². The van der Waals surface area contributed by atoms with Crippen LogP contribution in [0.1, 0.15) is 0 Å². The van der Waals surface area contributed by atoms with Gasteiger partial charge in [-0.2, -0.15) is 0 Å². The molecule has 1 fully saturated rings. The average molecular weight is 294 g/mol. The average Bonchev–Trinajstić information content (AvgIpc) is 2.36. The maximum Gasteiger partial charge on any atom is 0.160 e. The highest BCUT2D eigenvalue weighted by Crippen LogP contribution is 2.31. The summed E-state index contributed by atoms with van der Waals surface area (Å²) in [4.78, 5) is 0. The standard InChI is InChI=1S/C10H12ClFN3O2S/c11-8-2-1-3-9(10(8)12)14-18(16,17)15-6-4-13-5-7-15/h1-3,13H,4-7H2/q-1/p+1. The number of quaternary nitrogens is 1.